The fourth-order valence-corrected chi connectivity index (χ4v) is 1.66. The van der Waals surface area contributed by atoms with Crippen molar-refractivity contribution < 1.29 is 14.3 Å². The molecule has 5 nitrogen and oxygen atoms in total. The van der Waals surface area contributed by atoms with Crippen LogP contribution in [0.25, 0.3) is 0 Å². The third kappa shape index (κ3) is 8.06. The molecule has 1 atom stereocenters. The second-order valence-corrected chi connectivity index (χ2v) is 5.24. The zero-order valence-corrected chi connectivity index (χ0v) is 13.3. The summed E-state index contributed by atoms with van der Waals surface area (Å²) in [6.45, 7) is 15.1. The van der Waals surface area contributed by atoms with Gasteiger partial charge in [-0.05, 0) is 27.7 Å². The lowest BCUT2D eigenvalue weighted by Gasteiger charge is -2.31. The number of amides is 1. The Kier molecular flexibility index (Phi) is 8.76. The van der Waals surface area contributed by atoms with Gasteiger partial charge in [-0.25, -0.2) is 4.79 Å². The van der Waals surface area contributed by atoms with Crippen molar-refractivity contribution in [2.45, 2.75) is 53.2 Å². The molecule has 114 valence electrons. The highest BCUT2D eigenvalue weighted by Crippen LogP contribution is 2.10. The summed E-state index contributed by atoms with van der Waals surface area (Å²) >= 11 is 0. The predicted octanol–water partition coefficient (Wildman–Crippen LogP) is 2.26. The van der Waals surface area contributed by atoms with Crippen molar-refractivity contribution in [2.75, 3.05) is 32.8 Å². The number of hydrogen-bond acceptors (Lipinski definition) is 4. The first-order chi connectivity index (χ1) is 8.92. The molecule has 1 aliphatic heterocycles. The molecule has 1 N–H and O–H groups in total. The van der Waals surface area contributed by atoms with E-state index in [1.807, 2.05) is 41.5 Å². The minimum Gasteiger partial charge on any atom is -0.444 e. The highest BCUT2D eigenvalue weighted by molar-refractivity contribution is 5.68. The van der Waals surface area contributed by atoms with Crippen molar-refractivity contribution in [3.05, 3.63) is 0 Å². The van der Waals surface area contributed by atoms with Gasteiger partial charge >= 0.3 is 6.09 Å². The molecular formula is C14H30N2O3. The number of morpholine rings is 1. The van der Waals surface area contributed by atoms with Crippen LogP contribution in [0.3, 0.4) is 0 Å². The third-order valence-electron chi connectivity index (χ3n) is 2.47. The quantitative estimate of drug-likeness (QED) is 0.857. The van der Waals surface area contributed by atoms with Crippen LogP contribution >= 0.6 is 0 Å². The Morgan fingerprint density at radius 1 is 1.42 bits per heavy atom. The van der Waals surface area contributed by atoms with Gasteiger partial charge < -0.3 is 19.7 Å². The summed E-state index contributed by atoms with van der Waals surface area (Å²) in [6, 6.07) is 0.205. The summed E-state index contributed by atoms with van der Waals surface area (Å²) in [5, 5.41) is 3.33. The number of ether oxygens (including phenoxy) is 2. The maximum atomic E-state index is 11.9. The first-order valence-electron chi connectivity index (χ1n) is 7.21. The Balaban J connectivity index is 0.00000154. The monoisotopic (exact) mass is 274 g/mol. The van der Waals surface area contributed by atoms with Crippen molar-refractivity contribution in [3.8, 4) is 0 Å². The number of nitrogens with zero attached hydrogens (tertiary/aromatic N) is 1. The molecule has 1 saturated heterocycles. The molecule has 19 heavy (non-hydrogen) atoms. The van der Waals surface area contributed by atoms with E-state index >= 15 is 0 Å². The Hall–Kier alpha value is -0.810. The normalized spacial score (nSPS) is 19.2. The number of hydrogen-bond donors (Lipinski definition) is 1. The van der Waals surface area contributed by atoms with Gasteiger partial charge in [0.15, 0.2) is 0 Å². The zero-order chi connectivity index (χ0) is 14.9. The van der Waals surface area contributed by atoms with Crippen LogP contribution < -0.4 is 5.32 Å². The summed E-state index contributed by atoms with van der Waals surface area (Å²) in [5.74, 6) is 0. The molecule has 5 heteroatoms. The van der Waals surface area contributed by atoms with Crippen LogP contribution in [0.2, 0.25) is 0 Å². The average Bonchev–Trinajstić information content (AvgIpc) is 2.37. The molecule has 1 rings (SSSR count). The van der Waals surface area contributed by atoms with Gasteiger partial charge in [-0.15, -0.1) is 0 Å². The van der Waals surface area contributed by atoms with E-state index in [0.717, 1.165) is 13.2 Å². The highest BCUT2D eigenvalue weighted by atomic mass is 16.6. The minimum atomic E-state index is -0.443. The first-order valence-corrected chi connectivity index (χ1v) is 7.21. The summed E-state index contributed by atoms with van der Waals surface area (Å²) in [6.07, 6.45) is -0.257. The van der Waals surface area contributed by atoms with E-state index in [2.05, 4.69) is 5.32 Å². The minimum absolute atomic E-state index is 0.205. The molecule has 0 aromatic carbocycles. The van der Waals surface area contributed by atoms with Gasteiger partial charge in [0.05, 0.1) is 13.2 Å². The SMILES string of the molecule is CC.CCN(CC1COCCN1)C(=O)OC(C)(C)C. The summed E-state index contributed by atoms with van der Waals surface area (Å²) in [4.78, 5) is 13.6. The van der Waals surface area contributed by atoms with Crippen molar-refractivity contribution >= 4 is 6.09 Å². The standard InChI is InChI=1S/C12H24N2O3.C2H6/c1-5-14(11(15)17-12(2,3)4)8-10-9-16-7-6-13-10;1-2/h10,13H,5-9H2,1-4H3;1-2H3. The van der Waals surface area contributed by atoms with Crippen LogP contribution in [-0.4, -0.2) is 55.5 Å². The van der Waals surface area contributed by atoms with E-state index in [1.54, 1.807) is 4.90 Å². The van der Waals surface area contributed by atoms with Crippen molar-refractivity contribution in [1.29, 1.82) is 0 Å². The largest absolute Gasteiger partial charge is 0.444 e. The van der Waals surface area contributed by atoms with Gasteiger partial charge in [-0.1, -0.05) is 13.8 Å². The molecule has 0 aromatic heterocycles. The van der Waals surface area contributed by atoms with Gasteiger partial charge in [0.2, 0.25) is 0 Å². The molecule has 0 bridgehead atoms. The summed E-state index contributed by atoms with van der Waals surface area (Å²) < 4.78 is 10.7. The van der Waals surface area contributed by atoms with E-state index in [1.165, 1.54) is 0 Å². The molecule has 1 fully saturated rings. The van der Waals surface area contributed by atoms with E-state index in [9.17, 15) is 4.79 Å². The van der Waals surface area contributed by atoms with Gasteiger partial charge in [0, 0.05) is 25.7 Å². The van der Waals surface area contributed by atoms with E-state index in [-0.39, 0.29) is 12.1 Å². The van der Waals surface area contributed by atoms with Crippen molar-refractivity contribution in [1.82, 2.24) is 10.2 Å². The number of likely N-dealkylation sites (N-methyl/N-ethyl adjacent to an activating group) is 1. The Morgan fingerprint density at radius 2 is 2.05 bits per heavy atom. The zero-order valence-electron chi connectivity index (χ0n) is 13.3. The molecule has 0 spiro atoms. The maximum Gasteiger partial charge on any atom is 0.410 e. The smallest absolute Gasteiger partial charge is 0.410 e. The second kappa shape index (κ2) is 9.15. The lowest BCUT2D eigenvalue weighted by atomic mass is 10.2. The number of carbonyl (C=O) groups excluding carboxylic acids is 1. The second-order valence-electron chi connectivity index (χ2n) is 5.24. The lowest BCUT2D eigenvalue weighted by molar-refractivity contribution is 0.0162. The van der Waals surface area contributed by atoms with E-state index in [0.29, 0.717) is 19.7 Å². The van der Waals surface area contributed by atoms with Crippen LogP contribution in [-0.2, 0) is 9.47 Å². The topological polar surface area (TPSA) is 50.8 Å². The van der Waals surface area contributed by atoms with Gasteiger partial charge in [0.1, 0.15) is 5.60 Å². The number of nitrogens with one attached hydrogen (secondary N) is 1. The maximum absolute atomic E-state index is 11.9. The van der Waals surface area contributed by atoms with Crippen molar-refractivity contribution in [2.24, 2.45) is 0 Å². The Labute approximate surface area is 117 Å². The van der Waals surface area contributed by atoms with Gasteiger partial charge in [-0.3, -0.25) is 0 Å². The molecule has 0 aromatic rings. The number of carbonyl (C=O) groups is 1. The van der Waals surface area contributed by atoms with Crippen LogP contribution in [0.15, 0.2) is 0 Å². The number of rotatable bonds is 3. The average molecular weight is 274 g/mol. The molecule has 0 radical (unpaired) electrons. The molecule has 1 aliphatic rings. The Bertz CT molecular complexity index is 246. The first kappa shape index (κ1) is 18.2. The predicted molar refractivity (Wildman–Crippen MR) is 77.4 cm³/mol. The summed E-state index contributed by atoms with van der Waals surface area (Å²) in [7, 11) is 0. The fourth-order valence-electron chi connectivity index (χ4n) is 1.66. The molecule has 1 unspecified atom stereocenters. The Morgan fingerprint density at radius 3 is 2.47 bits per heavy atom. The fraction of sp³-hybridized carbons (Fsp3) is 0.929. The molecule has 1 heterocycles. The van der Waals surface area contributed by atoms with Gasteiger partial charge in [-0.2, -0.15) is 0 Å². The van der Waals surface area contributed by atoms with Crippen LogP contribution in [0.1, 0.15) is 41.5 Å². The highest BCUT2D eigenvalue weighted by Gasteiger charge is 2.24. The van der Waals surface area contributed by atoms with E-state index < -0.39 is 5.60 Å². The van der Waals surface area contributed by atoms with Crippen molar-refractivity contribution in [3.63, 3.8) is 0 Å². The van der Waals surface area contributed by atoms with E-state index in [4.69, 9.17) is 9.47 Å². The lowest BCUT2D eigenvalue weighted by Crippen LogP contribution is -2.50. The van der Waals surface area contributed by atoms with Crippen LogP contribution in [0, 0.1) is 0 Å². The molecule has 1 amide bonds. The van der Waals surface area contributed by atoms with Gasteiger partial charge in [0.25, 0.3) is 0 Å². The molecular weight excluding hydrogens is 244 g/mol. The summed E-state index contributed by atoms with van der Waals surface area (Å²) in [5.41, 5.74) is -0.443. The van der Waals surface area contributed by atoms with Crippen LogP contribution in [0.5, 0.6) is 0 Å². The molecule has 0 aliphatic carbocycles. The molecule has 0 saturated carbocycles. The van der Waals surface area contributed by atoms with Crippen LogP contribution in [0.4, 0.5) is 4.79 Å². The third-order valence-corrected chi connectivity index (χ3v) is 2.47.